The average molecular weight is 1440 g/mol. The molecule has 0 atom stereocenters. The van der Waals surface area contributed by atoms with E-state index in [1.54, 1.807) is 24.8 Å². The van der Waals surface area contributed by atoms with E-state index >= 15 is 0 Å². The van der Waals surface area contributed by atoms with Crippen LogP contribution in [-0.2, 0) is 5.41 Å². The molecule has 0 bridgehead atoms. The van der Waals surface area contributed by atoms with Crippen LogP contribution in [0.5, 0.6) is 0 Å². The van der Waals surface area contributed by atoms with Gasteiger partial charge in [-0.05, 0) is 223 Å². The highest BCUT2D eigenvalue weighted by Gasteiger charge is 2.51. The number of hydrogen-bond donors (Lipinski definition) is 0. The van der Waals surface area contributed by atoms with E-state index in [1.807, 2.05) is 22.7 Å². The molecule has 24 rings (SSSR count). The van der Waals surface area contributed by atoms with Crippen molar-refractivity contribution in [1.82, 2.24) is 19.9 Å². The van der Waals surface area contributed by atoms with Crippen LogP contribution in [-0.4, -0.2) is 19.9 Å². The van der Waals surface area contributed by atoms with Gasteiger partial charge in [0.25, 0.3) is 0 Å². The van der Waals surface area contributed by atoms with Gasteiger partial charge >= 0.3 is 0 Å². The quantitative estimate of drug-likeness (QED) is 0.149. The first-order chi connectivity index (χ1) is 55.0. The number of hydrogen-bond acceptors (Lipinski definition) is 6. The molecule has 0 amide bonds. The van der Waals surface area contributed by atoms with Crippen LogP contribution in [0.4, 0.5) is 0 Å². The van der Waals surface area contributed by atoms with Crippen LogP contribution in [0, 0.1) is 0 Å². The Morgan fingerprint density at radius 2 is 0.423 bits per heavy atom. The highest BCUT2D eigenvalue weighted by molar-refractivity contribution is 7.26. The Bertz CT molecular complexity index is 7530. The van der Waals surface area contributed by atoms with E-state index in [4.69, 9.17) is 19.9 Å². The number of benzene rings is 18. The maximum atomic E-state index is 4.77. The minimum atomic E-state index is -0.360. The molecular weight excluding hydrogens is 1380 g/mol. The standard InChI is InChI=1S/C59H34N2S.C46H28N2S/c1-2-16-46-41(12-1)48-31-37(21-25-47(48)58-57(46)60-28-29-61-58)35-10-9-11-36(30-35)38-22-26-55-49(32-38)50-33-39(23-27-56(50)62-55)40-20-24-45-44-15-5-8-19-53(44)59(54(45)34-40)51-17-6-3-13-42(51)43-14-4-7-18-52(43)59;1-2-7-29(8-3-1)30-13-15-31(16-14-30)34-18-21-43-41(27-34)42-28-36(19-22-44(42)49-43)33-10-6-9-32(25-33)35-17-20-39-40(26-35)37-11-4-5-12-38(37)45-46(39)48-24-23-47-45/h1-34H;1-28H. The van der Waals surface area contributed by atoms with Crippen molar-refractivity contribution >= 4 is 128 Å². The zero-order chi connectivity index (χ0) is 72.8. The molecular formula is C105H62N4S2. The molecule has 0 radical (unpaired) electrons. The molecule has 4 aromatic heterocycles. The fourth-order valence-electron chi connectivity index (χ4n) is 18.4. The minimum Gasteiger partial charge on any atom is -0.252 e. The van der Waals surface area contributed by atoms with E-state index in [0.717, 1.165) is 43.6 Å². The van der Waals surface area contributed by atoms with Gasteiger partial charge in [0.15, 0.2) is 0 Å². The molecule has 1 spiro atoms. The molecule has 4 nitrogen and oxygen atoms in total. The zero-order valence-corrected chi connectivity index (χ0v) is 61.5. The third-order valence-electron chi connectivity index (χ3n) is 23.5. The van der Waals surface area contributed by atoms with Gasteiger partial charge in [-0.1, -0.05) is 273 Å². The first kappa shape index (κ1) is 63.2. The van der Waals surface area contributed by atoms with E-state index < -0.39 is 0 Å². The molecule has 0 N–H and O–H groups in total. The van der Waals surface area contributed by atoms with E-state index in [2.05, 4.69) is 352 Å². The SMILES string of the molecule is c1cc(-c2ccc3sc4ccc(-c5ccc6c(c5)C5(c7ccccc7-c7ccccc75)c5ccccc5-6)cc4c3c2)cc(-c2ccc3c(c2)c2ccccc2c2nccnc32)c1.c1ccc(-c2ccc(-c3ccc4sc5ccc(-c6cccc(-c7ccc8c(c7)c7ccccc7c7nccnc87)c6)cc5c4c3)cc2)cc1. The van der Waals surface area contributed by atoms with Crippen LogP contribution < -0.4 is 0 Å². The molecule has 0 saturated carbocycles. The fraction of sp³-hybridized carbons (Fsp3) is 0.00952. The summed E-state index contributed by atoms with van der Waals surface area (Å²) in [6.45, 7) is 0. The van der Waals surface area contributed by atoms with Crippen LogP contribution in [0.15, 0.2) is 377 Å². The maximum Gasteiger partial charge on any atom is 0.0971 e. The molecule has 6 heteroatoms. The molecule has 0 unspecified atom stereocenters. The van der Waals surface area contributed by atoms with Gasteiger partial charge in [-0.25, -0.2) is 0 Å². The Kier molecular flexibility index (Phi) is 14.3. The molecule has 0 aliphatic heterocycles. The summed E-state index contributed by atoms with van der Waals surface area (Å²) in [6.07, 6.45) is 7.14. The molecule has 111 heavy (non-hydrogen) atoms. The molecule has 22 aromatic rings. The van der Waals surface area contributed by atoms with Crippen molar-refractivity contribution in [1.29, 1.82) is 0 Å². The zero-order valence-electron chi connectivity index (χ0n) is 59.9. The second-order valence-corrected chi connectivity index (χ2v) is 31.6. The summed E-state index contributed by atoms with van der Waals surface area (Å²) < 4.78 is 5.23. The normalized spacial score (nSPS) is 12.6. The van der Waals surface area contributed by atoms with E-state index in [0.29, 0.717) is 0 Å². The minimum absolute atomic E-state index is 0.360. The lowest BCUT2D eigenvalue weighted by Gasteiger charge is -2.30. The lowest BCUT2D eigenvalue weighted by atomic mass is 9.70. The largest absolute Gasteiger partial charge is 0.252 e. The summed E-state index contributed by atoms with van der Waals surface area (Å²) >= 11 is 3.74. The summed E-state index contributed by atoms with van der Waals surface area (Å²) in [5.74, 6) is 0. The number of nitrogens with zero attached hydrogens (tertiary/aromatic N) is 4. The predicted molar refractivity (Wildman–Crippen MR) is 469 cm³/mol. The van der Waals surface area contributed by atoms with Crippen molar-refractivity contribution in [2.45, 2.75) is 5.41 Å². The predicted octanol–water partition coefficient (Wildman–Crippen LogP) is 28.6. The van der Waals surface area contributed by atoms with Gasteiger partial charge in [0, 0.05) is 86.7 Å². The lowest BCUT2D eigenvalue weighted by molar-refractivity contribution is 0.794. The van der Waals surface area contributed by atoms with Crippen LogP contribution in [0.25, 0.3) is 206 Å². The maximum absolute atomic E-state index is 4.77. The van der Waals surface area contributed by atoms with Crippen LogP contribution in [0.1, 0.15) is 22.3 Å². The second-order valence-electron chi connectivity index (χ2n) is 29.4. The van der Waals surface area contributed by atoms with Crippen molar-refractivity contribution in [2.75, 3.05) is 0 Å². The number of rotatable bonds is 7. The van der Waals surface area contributed by atoms with Crippen LogP contribution in [0.3, 0.4) is 0 Å². The van der Waals surface area contributed by atoms with Gasteiger partial charge in [-0.15, -0.1) is 22.7 Å². The van der Waals surface area contributed by atoms with Crippen molar-refractivity contribution < 1.29 is 0 Å². The van der Waals surface area contributed by atoms with Gasteiger partial charge in [0.2, 0.25) is 0 Å². The van der Waals surface area contributed by atoms with Crippen LogP contribution in [0.2, 0.25) is 0 Å². The van der Waals surface area contributed by atoms with Gasteiger partial charge in [-0.3, -0.25) is 19.9 Å². The number of thiophene rings is 2. The van der Waals surface area contributed by atoms with Gasteiger partial charge in [0.1, 0.15) is 0 Å². The third-order valence-corrected chi connectivity index (χ3v) is 25.8. The topological polar surface area (TPSA) is 51.6 Å². The van der Waals surface area contributed by atoms with E-state index in [1.165, 1.54) is 184 Å². The Hall–Kier alpha value is -13.9. The smallest absolute Gasteiger partial charge is 0.0971 e. The summed E-state index contributed by atoms with van der Waals surface area (Å²) in [4.78, 5) is 18.9. The Morgan fingerprint density at radius 3 is 0.829 bits per heavy atom. The molecule has 0 fully saturated rings. The molecule has 2 aliphatic rings. The molecule has 18 aromatic carbocycles. The Labute approximate surface area is 647 Å². The monoisotopic (exact) mass is 1440 g/mol. The van der Waals surface area contributed by atoms with Crippen LogP contribution >= 0.6 is 22.7 Å². The van der Waals surface area contributed by atoms with E-state index in [9.17, 15) is 0 Å². The van der Waals surface area contributed by atoms with Crippen molar-refractivity contribution in [2.24, 2.45) is 0 Å². The number of aromatic nitrogens is 4. The Morgan fingerprint density at radius 1 is 0.162 bits per heavy atom. The molecule has 514 valence electrons. The van der Waals surface area contributed by atoms with Gasteiger partial charge in [-0.2, -0.15) is 0 Å². The fourth-order valence-corrected chi connectivity index (χ4v) is 20.5. The second kappa shape index (κ2) is 25.1. The highest BCUT2D eigenvalue weighted by Crippen LogP contribution is 2.63. The van der Waals surface area contributed by atoms with Gasteiger partial charge in [0.05, 0.1) is 27.5 Å². The average Bonchev–Trinajstić information content (AvgIpc) is 1.51. The summed E-state index contributed by atoms with van der Waals surface area (Å²) in [6, 6.07) is 130. The molecule has 4 heterocycles. The van der Waals surface area contributed by atoms with E-state index in [-0.39, 0.29) is 5.41 Å². The third kappa shape index (κ3) is 9.98. The number of fused-ring (bicyclic) bond motifs is 28. The van der Waals surface area contributed by atoms with Crippen molar-refractivity contribution in [3.05, 3.63) is 399 Å². The molecule has 2 aliphatic carbocycles. The van der Waals surface area contributed by atoms with Crippen molar-refractivity contribution in [3.63, 3.8) is 0 Å². The summed E-state index contributed by atoms with van der Waals surface area (Å²) in [7, 11) is 0. The first-order valence-corrected chi connectivity index (χ1v) is 39.5. The molecule has 0 saturated heterocycles. The first-order valence-electron chi connectivity index (χ1n) is 37.8. The lowest BCUT2D eigenvalue weighted by Crippen LogP contribution is -2.25. The Balaban J connectivity index is 0.000000137. The summed E-state index contributed by atoms with van der Waals surface area (Å²) in [5.41, 5.74) is 31.2. The van der Waals surface area contributed by atoms with Gasteiger partial charge < -0.3 is 0 Å². The summed E-state index contributed by atoms with van der Waals surface area (Å²) in [5, 5.41) is 14.5. The van der Waals surface area contributed by atoms with Crippen molar-refractivity contribution in [3.8, 4) is 100 Å². The highest BCUT2D eigenvalue weighted by atomic mass is 32.1.